The smallest absolute Gasteiger partial charge is 0.307 e. The van der Waals surface area contributed by atoms with E-state index in [4.69, 9.17) is 14.2 Å². The van der Waals surface area contributed by atoms with Crippen LogP contribution in [0, 0.1) is 0 Å². The van der Waals surface area contributed by atoms with Gasteiger partial charge in [0.2, 0.25) is 5.91 Å². The average molecular weight is 366 g/mol. The molecule has 0 spiro atoms. The monoisotopic (exact) mass is 366 g/mol. The number of benzene rings is 1. The Morgan fingerprint density at radius 3 is 2.15 bits per heavy atom. The van der Waals surface area contributed by atoms with Crippen LogP contribution in [0.2, 0.25) is 0 Å². The Bertz CT molecular complexity index is 610. The van der Waals surface area contributed by atoms with Gasteiger partial charge in [-0.05, 0) is 19.1 Å². The second kappa shape index (κ2) is 11.0. The van der Waals surface area contributed by atoms with Gasteiger partial charge in [0.15, 0.2) is 0 Å². The van der Waals surface area contributed by atoms with Crippen molar-refractivity contribution in [1.82, 2.24) is 10.2 Å². The van der Waals surface area contributed by atoms with E-state index in [9.17, 15) is 14.4 Å². The van der Waals surface area contributed by atoms with Crippen molar-refractivity contribution in [1.29, 1.82) is 0 Å². The van der Waals surface area contributed by atoms with Gasteiger partial charge < -0.3 is 24.4 Å². The number of carbonyl (C=O) groups is 3. The van der Waals surface area contributed by atoms with E-state index >= 15 is 0 Å². The van der Waals surface area contributed by atoms with Gasteiger partial charge in [0.25, 0.3) is 5.91 Å². The summed E-state index contributed by atoms with van der Waals surface area (Å²) in [6, 6.07) is 4.86. The number of nitrogens with one attached hydrogen (secondary N) is 1. The molecule has 1 rings (SSSR count). The predicted molar refractivity (Wildman–Crippen MR) is 95.4 cm³/mol. The third-order valence-electron chi connectivity index (χ3n) is 3.53. The van der Waals surface area contributed by atoms with Crippen LogP contribution in [0.25, 0.3) is 0 Å². The zero-order valence-corrected chi connectivity index (χ0v) is 15.7. The first-order valence-electron chi connectivity index (χ1n) is 8.33. The molecule has 0 heterocycles. The van der Waals surface area contributed by atoms with Gasteiger partial charge in [0.05, 0.1) is 27.2 Å². The van der Waals surface area contributed by atoms with Crippen LogP contribution in [0.1, 0.15) is 30.6 Å². The predicted octanol–water partition coefficient (Wildman–Crippen LogP) is 1.24. The molecule has 26 heavy (non-hydrogen) atoms. The maximum atomic E-state index is 12.9. The Morgan fingerprint density at radius 1 is 1.04 bits per heavy atom. The third-order valence-corrected chi connectivity index (χ3v) is 3.53. The zero-order chi connectivity index (χ0) is 19.5. The zero-order valence-electron chi connectivity index (χ0n) is 15.7. The number of hydrogen-bond acceptors (Lipinski definition) is 6. The van der Waals surface area contributed by atoms with Gasteiger partial charge in [-0.25, -0.2) is 0 Å². The Labute approximate surface area is 153 Å². The number of carbonyl (C=O) groups excluding carboxylic acids is 3. The Kier molecular flexibility index (Phi) is 8.97. The maximum Gasteiger partial charge on any atom is 0.307 e. The molecule has 2 amide bonds. The molecule has 0 atom stereocenters. The summed E-state index contributed by atoms with van der Waals surface area (Å²) in [5.74, 6) is 0.107. The van der Waals surface area contributed by atoms with Gasteiger partial charge >= 0.3 is 5.97 Å². The molecule has 0 bridgehead atoms. The Balaban J connectivity index is 2.93. The summed E-state index contributed by atoms with van der Waals surface area (Å²) in [7, 11) is 3.00. The average Bonchev–Trinajstić information content (AvgIpc) is 2.63. The van der Waals surface area contributed by atoms with E-state index in [1.54, 1.807) is 25.1 Å². The van der Waals surface area contributed by atoms with E-state index in [0.717, 1.165) is 0 Å². The first-order valence-corrected chi connectivity index (χ1v) is 8.33. The van der Waals surface area contributed by atoms with Crippen molar-refractivity contribution in [3.8, 4) is 11.5 Å². The summed E-state index contributed by atoms with van der Waals surface area (Å²) in [6.07, 6.45) is 0.0702. The molecule has 0 saturated heterocycles. The van der Waals surface area contributed by atoms with E-state index in [2.05, 4.69) is 5.32 Å². The molecule has 1 aromatic rings. The molecule has 0 radical (unpaired) electrons. The minimum atomic E-state index is -0.381. The Hall–Kier alpha value is -2.77. The lowest BCUT2D eigenvalue weighted by Gasteiger charge is -2.23. The second-order valence-electron chi connectivity index (χ2n) is 5.43. The molecule has 8 heteroatoms. The first kappa shape index (κ1) is 21.3. The van der Waals surface area contributed by atoms with Crippen molar-refractivity contribution in [2.45, 2.75) is 20.3 Å². The fourth-order valence-corrected chi connectivity index (χ4v) is 2.25. The SMILES string of the molecule is CCOC(=O)CCN(CCNC(C)=O)C(=O)c1cc(OC)cc(OC)c1. The minimum Gasteiger partial charge on any atom is -0.497 e. The first-order chi connectivity index (χ1) is 12.4. The molecule has 0 fully saturated rings. The molecular weight excluding hydrogens is 340 g/mol. The molecular formula is C18H26N2O6. The molecule has 8 nitrogen and oxygen atoms in total. The van der Waals surface area contributed by atoms with Crippen molar-refractivity contribution in [3.05, 3.63) is 23.8 Å². The quantitative estimate of drug-likeness (QED) is 0.626. The van der Waals surface area contributed by atoms with Gasteiger partial charge in [-0.15, -0.1) is 0 Å². The molecule has 0 aliphatic heterocycles. The molecule has 1 N–H and O–H groups in total. The lowest BCUT2D eigenvalue weighted by atomic mass is 10.1. The molecule has 0 unspecified atom stereocenters. The van der Waals surface area contributed by atoms with Crippen LogP contribution in [0.4, 0.5) is 0 Å². The maximum absolute atomic E-state index is 12.9. The highest BCUT2D eigenvalue weighted by molar-refractivity contribution is 5.95. The minimum absolute atomic E-state index is 0.0702. The van der Waals surface area contributed by atoms with Crippen LogP contribution >= 0.6 is 0 Å². The highest BCUT2D eigenvalue weighted by Crippen LogP contribution is 2.23. The number of ether oxygens (including phenoxy) is 3. The topological polar surface area (TPSA) is 94.2 Å². The summed E-state index contributed by atoms with van der Waals surface area (Å²) in [4.78, 5) is 37.0. The third kappa shape index (κ3) is 7.00. The molecule has 144 valence electrons. The summed E-state index contributed by atoms with van der Waals surface area (Å²) in [6.45, 7) is 4.13. The van der Waals surface area contributed by atoms with Gasteiger partial charge in [-0.2, -0.15) is 0 Å². The summed E-state index contributed by atoms with van der Waals surface area (Å²) >= 11 is 0. The van der Waals surface area contributed by atoms with Crippen molar-refractivity contribution in [2.75, 3.05) is 40.5 Å². The van der Waals surface area contributed by atoms with Gasteiger partial charge in [-0.3, -0.25) is 14.4 Å². The fourth-order valence-electron chi connectivity index (χ4n) is 2.25. The van der Waals surface area contributed by atoms with Crippen molar-refractivity contribution in [3.63, 3.8) is 0 Å². The van der Waals surface area contributed by atoms with Crippen LogP contribution in [-0.2, 0) is 14.3 Å². The largest absolute Gasteiger partial charge is 0.497 e. The van der Waals surface area contributed by atoms with E-state index < -0.39 is 0 Å². The lowest BCUT2D eigenvalue weighted by molar-refractivity contribution is -0.143. The summed E-state index contributed by atoms with van der Waals surface area (Å²) < 4.78 is 15.3. The highest BCUT2D eigenvalue weighted by Gasteiger charge is 2.19. The summed E-state index contributed by atoms with van der Waals surface area (Å²) in [5.41, 5.74) is 0.368. The number of rotatable bonds is 10. The van der Waals surface area contributed by atoms with Gasteiger partial charge in [0.1, 0.15) is 11.5 Å². The van der Waals surface area contributed by atoms with Crippen LogP contribution in [0.15, 0.2) is 18.2 Å². The molecule has 0 aliphatic carbocycles. The van der Waals surface area contributed by atoms with E-state index in [1.807, 2.05) is 0 Å². The van der Waals surface area contributed by atoms with Gasteiger partial charge in [0, 0.05) is 38.2 Å². The molecule has 0 saturated carbocycles. The Morgan fingerprint density at radius 2 is 1.65 bits per heavy atom. The number of nitrogens with zero attached hydrogens (tertiary/aromatic N) is 1. The lowest BCUT2D eigenvalue weighted by Crippen LogP contribution is -2.39. The van der Waals surface area contributed by atoms with Crippen molar-refractivity contribution < 1.29 is 28.6 Å². The van der Waals surface area contributed by atoms with Crippen LogP contribution in [-0.4, -0.2) is 63.1 Å². The number of methoxy groups -OCH3 is 2. The van der Waals surface area contributed by atoms with Crippen molar-refractivity contribution in [2.24, 2.45) is 0 Å². The number of amides is 2. The van der Waals surface area contributed by atoms with Crippen LogP contribution in [0.3, 0.4) is 0 Å². The highest BCUT2D eigenvalue weighted by atomic mass is 16.5. The molecule has 0 aromatic heterocycles. The standard InChI is InChI=1S/C18H26N2O6/c1-5-26-17(22)6-8-20(9-7-19-13(2)21)18(23)14-10-15(24-3)12-16(11-14)25-4/h10-12H,5-9H2,1-4H3,(H,19,21). The molecule has 1 aromatic carbocycles. The fraction of sp³-hybridized carbons (Fsp3) is 0.500. The normalized spacial score (nSPS) is 10.0. The van der Waals surface area contributed by atoms with Gasteiger partial charge in [-0.1, -0.05) is 0 Å². The van der Waals surface area contributed by atoms with E-state index in [0.29, 0.717) is 17.1 Å². The van der Waals surface area contributed by atoms with Crippen LogP contribution in [0.5, 0.6) is 11.5 Å². The van der Waals surface area contributed by atoms with E-state index in [1.165, 1.54) is 26.0 Å². The number of hydrogen-bond donors (Lipinski definition) is 1. The number of esters is 1. The second-order valence-corrected chi connectivity index (χ2v) is 5.43. The van der Waals surface area contributed by atoms with Crippen LogP contribution < -0.4 is 14.8 Å². The summed E-state index contributed by atoms with van der Waals surface area (Å²) in [5, 5.41) is 2.64. The van der Waals surface area contributed by atoms with Crippen molar-refractivity contribution >= 4 is 17.8 Å². The molecule has 0 aliphatic rings. The van der Waals surface area contributed by atoms with E-state index in [-0.39, 0.29) is 50.4 Å².